The van der Waals surface area contributed by atoms with E-state index in [1.54, 1.807) is 12.1 Å². The van der Waals surface area contributed by atoms with Crippen LogP contribution in [0.1, 0.15) is 27.8 Å². The Labute approximate surface area is 286 Å². The molecule has 0 saturated carbocycles. The first-order valence-electron chi connectivity index (χ1n) is 16.2. The molecular weight excluding hydrogens is 604 g/mol. The number of hydrogen-bond acceptors (Lipinski definition) is 4. The maximum Gasteiger partial charge on any atom is 0.249 e. The zero-order valence-corrected chi connectivity index (χ0v) is 26.9. The molecule has 6 nitrogen and oxygen atoms in total. The first kappa shape index (κ1) is 32.5. The summed E-state index contributed by atoms with van der Waals surface area (Å²) in [6.45, 7) is -0.0974. The minimum atomic E-state index is -0.759. The molecule has 0 fully saturated rings. The number of amides is 2. The largest absolute Gasteiger partial charge is 0.323 e. The number of para-hydroxylation sites is 2. The van der Waals surface area contributed by atoms with Crippen molar-refractivity contribution in [1.29, 1.82) is 0 Å². The van der Waals surface area contributed by atoms with Crippen molar-refractivity contribution in [3.05, 3.63) is 204 Å². The van der Waals surface area contributed by atoms with Crippen LogP contribution in [-0.4, -0.2) is 35.8 Å². The van der Waals surface area contributed by atoms with Gasteiger partial charge in [0.05, 0.1) is 22.8 Å². The van der Waals surface area contributed by atoms with Crippen molar-refractivity contribution >= 4 is 34.6 Å². The van der Waals surface area contributed by atoms with Crippen LogP contribution in [0.2, 0.25) is 0 Å². The lowest BCUT2D eigenvalue weighted by Crippen LogP contribution is -2.30. The van der Waals surface area contributed by atoms with Gasteiger partial charge in [-0.2, -0.15) is 0 Å². The fraction of sp³-hybridized carbons (Fsp3) is 0.0698. The van der Waals surface area contributed by atoms with Crippen LogP contribution >= 0.6 is 0 Å². The molecule has 0 saturated heterocycles. The molecule has 6 rings (SSSR count). The Kier molecular flexibility index (Phi) is 10.9. The van der Waals surface area contributed by atoms with E-state index in [9.17, 15) is 9.59 Å². The molecule has 0 radical (unpaired) electrons. The van der Waals surface area contributed by atoms with Gasteiger partial charge in [-0.1, -0.05) is 164 Å². The number of carbonyl (C=O) groups is 2. The van der Waals surface area contributed by atoms with Gasteiger partial charge in [-0.05, 0) is 17.7 Å². The smallest absolute Gasteiger partial charge is 0.249 e. The molecule has 6 aromatic rings. The highest BCUT2D eigenvalue weighted by atomic mass is 16.2. The summed E-state index contributed by atoms with van der Waals surface area (Å²) in [5.74, 6) is -0.594. The number of anilines is 2. The molecule has 0 bridgehead atoms. The van der Waals surface area contributed by atoms with Crippen molar-refractivity contribution < 1.29 is 9.59 Å². The van der Waals surface area contributed by atoms with Gasteiger partial charge in [0.2, 0.25) is 11.8 Å². The van der Waals surface area contributed by atoms with E-state index in [4.69, 9.17) is 9.98 Å². The average Bonchev–Trinajstić information content (AvgIpc) is 3.16. The van der Waals surface area contributed by atoms with Crippen LogP contribution in [0.15, 0.2) is 186 Å². The first-order valence-corrected chi connectivity index (χ1v) is 16.2. The molecule has 240 valence electrons. The van der Waals surface area contributed by atoms with Crippen LogP contribution in [0.3, 0.4) is 0 Å². The van der Waals surface area contributed by atoms with E-state index in [2.05, 4.69) is 10.6 Å². The number of rotatable bonds is 12. The van der Waals surface area contributed by atoms with Gasteiger partial charge >= 0.3 is 0 Å². The number of hydrogen-bond donors (Lipinski definition) is 2. The van der Waals surface area contributed by atoms with E-state index in [-0.39, 0.29) is 18.4 Å². The number of carbonyl (C=O) groups excluding carboxylic acids is 2. The fourth-order valence-corrected chi connectivity index (χ4v) is 5.50. The lowest BCUT2D eigenvalue weighted by Gasteiger charge is -2.18. The van der Waals surface area contributed by atoms with Crippen LogP contribution in [0.4, 0.5) is 11.4 Å². The van der Waals surface area contributed by atoms with Gasteiger partial charge in [0.15, 0.2) is 0 Å². The van der Waals surface area contributed by atoms with Crippen LogP contribution in [0.25, 0.3) is 0 Å². The number of nitrogens with zero attached hydrogens (tertiary/aromatic N) is 2. The molecule has 49 heavy (non-hydrogen) atoms. The summed E-state index contributed by atoms with van der Waals surface area (Å²) >= 11 is 0. The Bertz CT molecular complexity index is 1950. The first-order chi connectivity index (χ1) is 24.1. The third-order valence-corrected chi connectivity index (χ3v) is 7.89. The van der Waals surface area contributed by atoms with Crippen molar-refractivity contribution in [3.8, 4) is 0 Å². The Morgan fingerprint density at radius 3 is 1.33 bits per heavy atom. The maximum absolute atomic E-state index is 14.1. The van der Waals surface area contributed by atoms with Crippen LogP contribution in [-0.2, 0) is 16.0 Å². The fourth-order valence-electron chi connectivity index (χ4n) is 5.50. The van der Waals surface area contributed by atoms with Crippen LogP contribution in [0.5, 0.6) is 0 Å². The lowest BCUT2D eigenvalue weighted by molar-refractivity contribution is -0.117. The minimum absolute atomic E-state index is 0.0974. The summed E-state index contributed by atoms with van der Waals surface area (Å²) in [5, 5.41) is 6.02. The molecule has 2 amide bonds. The predicted octanol–water partition coefficient (Wildman–Crippen LogP) is 8.25. The van der Waals surface area contributed by atoms with Gasteiger partial charge in [-0.3, -0.25) is 19.6 Å². The van der Waals surface area contributed by atoms with Gasteiger partial charge in [0.25, 0.3) is 0 Å². The van der Waals surface area contributed by atoms with Crippen molar-refractivity contribution in [2.45, 2.75) is 12.5 Å². The van der Waals surface area contributed by atoms with Crippen molar-refractivity contribution in [2.75, 3.05) is 17.2 Å². The highest BCUT2D eigenvalue weighted by Gasteiger charge is 2.22. The standard InChI is InChI=1S/C43H36N4O2/c48-40(31-44-41(33-20-8-2-9-21-33)34-22-10-3-11-23-34)45-37-28-16-17-29-38(37)47-43(49)39(30-32-18-6-1-7-19-32)46-42(35-24-12-4-13-25-35)36-26-14-5-15-27-36/h1-29,39H,30-31H2,(H,45,48)(H,47,49)/t39-/m0/s1. The molecule has 0 spiro atoms. The van der Waals surface area contributed by atoms with E-state index in [1.165, 1.54) is 0 Å². The number of aliphatic imine (C=N–C) groups is 2. The van der Waals surface area contributed by atoms with E-state index in [0.29, 0.717) is 17.8 Å². The van der Waals surface area contributed by atoms with Gasteiger partial charge in [0, 0.05) is 28.7 Å². The summed E-state index contributed by atoms with van der Waals surface area (Å²) in [4.78, 5) is 37.2. The quantitative estimate of drug-likeness (QED) is 0.132. The molecule has 1 atom stereocenters. The lowest BCUT2D eigenvalue weighted by atomic mass is 10.0. The molecule has 6 aromatic carbocycles. The highest BCUT2D eigenvalue weighted by molar-refractivity contribution is 6.15. The highest BCUT2D eigenvalue weighted by Crippen LogP contribution is 2.23. The Morgan fingerprint density at radius 1 is 0.469 bits per heavy atom. The van der Waals surface area contributed by atoms with Gasteiger partial charge in [-0.15, -0.1) is 0 Å². The second kappa shape index (κ2) is 16.4. The molecule has 2 N–H and O–H groups in total. The van der Waals surface area contributed by atoms with E-state index in [1.807, 2.05) is 164 Å². The normalized spacial score (nSPS) is 11.1. The van der Waals surface area contributed by atoms with Crippen LogP contribution < -0.4 is 10.6 Å². The second-order valence-electron chi connectivity index (χ2n) is 11.4. The molecule has 0 aromatic heterocycles. The molecular formula is C43H36N4O2. The molecule has 0 unspecified atom stereocenters. The predicted molar refractivity (Wildman–Crippen MR) is 200 cm³/mol. The van der Waals surface area contributed by atoms with E-state index >= 15 is 0 Å². The van der Waals surface area contributed by atoms with Crippen LogP contribution in [0, 0.1) is 0 Å². The monoisotopic (exact) mass is 640 g/mol. The molecule has 0 aliphatic heterocycles. The molecule has 0 aliphatic rings. The second-order valence-corrected chi connectivity index (χ2v) is 11.4. The molecule has 6 heteroatoms. The zero-order valence-electron chi connectivity index (χ0n) is 26.9. The maximum atomic E-state index is 14.1. The average molecular weight is 641 g/mol. The van der Waals surface area contributed by atoms with E-state index < -0.39 is 6.04 Å². The Morgan fingerprint density at radius 2 is 0.857 bits per heavy atom. The third kappa shape index (κ3) is 8.90. The summed E-state index contributed by atoms with van der Waals surface area (Å²) in [7, 11) is 0. The van der Waals surface area contributed by atoms with Crippen molar-refractivity contribution in [3.63, 3.8) is 0 Å². The van der Waals surface area contributed by atoms with Gasteiger partial charge in [0.1, 0.15) is 12.6 Å². The summed E-state index contributed by atoms with van der Waals surface area (Å²) < 4.78 is 0. The summed E-state index contributed by atoms with van der Waals surface area (Å²) in [5.41, 5.74) is 7.07. The summed E-state index contributed by atoms with van der Waals surface area (Å²) in [6, 6.07) is 55.6. The van der Waals surface area contributed by atoms with Crippen molar-refractivity contribution in [1.82, 2.24) is 0 Å². The number of benzene rings is 6. The summed E-state index contributed by atoms with van der Waals surface area (Å²) in [6.07, 6.45) is 0.390. The van der Waals surface area contributed by atoms with Gasteiger partial charge in [-0.25, -0.2) is 0 Å². The minimum Gasteiger partial charge on any atom is -0.323 e. The molecule has 0 aliphatic carbocycles. The topological polar surface area (TPSA) is 82.9 Å². The number of nitrogens with one attached hydrogen (secondary N) is 2. The Hall–Kier alpha value is -6.40. The third-order valence-electron chi connectivity index (χ3n) is 7.89. The van der Waals surface area contributed by atoms with E-state index in [0.717, 1.165) is 39.2 Å². The zero-order chi connectivity index (χ0) is 33.7. The molecule has 0 heterocycles. The van der Waals surface area contributed by atoms with Gasteiger partial charge < -0.3 is 10.6 Å². The SMILES string of the molecule is O=C(CN=C(c1ccccc1)c1ccccc1)Nc1ccccc1NC(=O)[C@H](Cc1ccccc1)N=C(c1ccccc1)c1ccccc1. The Balaban J connectivity index is 1.26. The van der Waals surface area contributed by atoms with Crippen molar-refractivity contribution in [2.24, 2.45) is 9.98 Å².